The van der Waals surface area contributed by atoms with Crippen molar-refractivity contribution in [2.24, 2.45) is 0 Å². The average Bonchev–Trinajstić information content (AvgIpc) is 2.50. The predicted octanol–water partition coefficient (Wildman–Crippen LogP) is 2.45. The van der Waals surface area contributed by atoms with E-state index in [4.69, 9.17) is 11.6 Å². The second-order valence-electron chi connectivity index (χ2n) is 4.78. The van der Waals surface area contributed by atoms with Crippen molar-refractivity contribution in [1.29, 1.82) is 0 Å². The first-order valence-corrected chi connectivity index (χ1v) is 8.40. The molecule has 0 amide bonds. The van der Waals surface area contributed by atoms with E-state index >= 15 is 0 Å². The van der Waals surface area contributed by atoms with Gasteiger partial charge < -0.3 is 5.11 Å². The van der Waals surface area contributed by atoms with Gasteiger partial charge in [-0.25, -0.2) is 12.8 Å². The summed E-state index contributed by atoms with van der Waals surface area (Å²) in [5.74, 6) is -2.07. The third-order valence-electron chi connectivity index (χ3n) is 3.08. The van der Waals surface area contributed by atoms with Gasteiger partial charge in [0, 0.05) is 0 Å². The van der Waals surface area contributed by atoms with Crippen LogP contribution in [0.1, 0.15) is 5.56 Å². The maximum Gasteiger partial charge on any atom is 0.322 e. The van der Waals surface area contributed by atoms with E-state index in [9.17, 15) is 22.7 Å². The van der Waals surface area contributed by atoms with Crippen LogP contribution in [0.15, 0.2) is 53.4 Å². The summed E-state index contributed by atoms with van der Waals surface area (Å²) in [6.07, 6.45) is -0.0235. The Morgan fingerprint density at radius 3 is 2.43 bits per heavy atom. The Labute approximate surface area is 137 Å². The first-order chi connectivity index (χ1) is 10.8. The summed E-state index contributed by atoms with van der Waals surface area (Å²) in [7, 11) is -4.15. The van der Waals surface area contributed by atoms with E-state index in [1.807, 2.05) is 0 Å². The normalized spacial score (nSPS) is 12.8. The number of nitrogens with one attached hydrogen (secondary N) is 1. The molecule has 2 rings (SSSR count). The van der Waals surface area contributed by atoms with Gasteiger partial charge in [-0.3, -0.25) is 4.79 Å². The van der Waals surface area contributed by atoms with Crippen LogP contribution in [0.3, 0.4) is 0 Å². The molecule has 1 atom stereocenters. The summed E-state index contributed by atoms with van der Waals surface area (Å²) in [6, 6.07) is 10.1. The van der Waals surface area contributed by atoms with Gasteiger partial charge in [0.2, 0.25) is 10.0 Å². The van der Waals surface area contributed by atoms with Crippen molar-refractivity contribution in [2.75, 3.05) is 0 Å². The van der Waals surface area contributed by atoms with Crippen LogP contribution in [-0.4, -0.2) is 25.5 Å². The molecule has 0 heterocycles. The summed E-state index contributed by atoms with van der Waals surface area (Å²) < 4.78 is 39.7. The van der Waals surface area contributed by atoms with Gasteiger partial charge in [-0.15, -0.1) is 0 Å². The summed E-state index contributed by atoms with van der Waals surface area (Å²) in [5, 5.41) is 8.87. The third kappa shape index (κ3) is 4.51. The quantitative estimate of drug-likeness (QED) is 0.831. The monoisotopic (exact) mass is 357 g/mol. The molecule has 23 heavy (non-hydrogen) atoms. The van der Waals surface area contributed by atoms with Crippen molar-refractivity contribution in [1.82, 2.24) is 4.72 Å². The van der Waals surface area contributed by atoms with E-state index in [2.05, 4.69) is 4.72 Å². The number of rotatable bonds is 6. The molecule has 2 aromatic rings. The van der Waals surface area contributed by atoms with Crippen molar-refractivity contribution in [3.63, 3.8) is 0 Å². The van der Waals surface area contributed by atoms with Crippen LogP contribution < -0.4 is 4.72 Å². The topological polar surface area (TPSA) is 83.5 Å². The standard InChI is InChI=1S/C15H13ClFNO4S/c16-12-9-11(6-7-13(12)17)23(21,22)18-14(15(19)20)8-10-4-2-1-3-5-10/h1-7,9,14,18H,8H2,(H,19,20)/t14-/m0/s1. The van der Waals surface area contributed by atoms with E-state index in [1.54, 1.807) is 30.3 Å². The number of benzene rings is 2. The van der Waals surface area contributed by atoms with E-state index < -0.39 is 27.9 Å². The molecule has 8 heteroatoms. The molecular weight excluding hydrogens is 345 g/mol. The van der Waals surface area contributed by atoms with E-state index in [0.717, 1.165) is 18.2 Å². The second-order valence-corrected chi connectivity index (χ2v) is 6.90. The molecule has 0 aliphatic rings. The van der Waals surface area contributed by atoms with E-state index in [-0.39, 0.29) is 16.3 Å². The van der Waals surface area contributed by atoms with E-state index in [0.29, 0.717) is 5.56 Å². The molecule has 5 nitrogen and oxygen atoms in total. The fourth-order valence-corrected chi connectivity index (χ4v) is 3.39. The van der Waals surface area contributed by atoms with Crippen LogP contribution >= 0.6 is 11.6 Å². The molecule has 0 aliphatic carbocycles. The summed E-state index contributed by atoms with van der Waals surface area (Å²) in [4.78, 5) is 11.0. The van der Waals surface area contributed by atoms with E-state index in [1.165, 1.54) is 0 Å². The molecule has 0 bridgehead atoms. The molecule has 0 unspecified atom stereocenters. The lowest BCUT2D eigenvalue weighted by Crippen LogP contribution is -2.42. The van der Waals surface area contributed by atoms with Gasteiger partial charge in [0.15, 0.2) is 0 Å². The Morgan fingerprint density at radius 1 is 1.22 bits per heavy atom. The summed E-state index contributed by atoms with van der Waals surface area (Å²) in [5.41, 5.74) is 0.666. The Bertz CT molecular complexity index is 811. The van der Waals surface area contributed by atoms with Gasteiger partial charge >= 0.3 is 5.97 Å². The maximum absolute atomic E-state index is 13.1. The van der Waals surface area contributed by atoms with Crippen molar-refractivity contribution in [3.05, 3.63) is 64.9 Å². The third-order valence-corrected chi connectivity index (χ3v) is 4.84. The zero-order valence-electron chi connectivity index (χ0n) is 11.7. The lowest BCUT2D eigenvalue weighted by molar-refractivity contribution is -0.138. The number of carboxylic acids is 1. The lowest BCUT2D eigenvalue weighted by atomic mass is 10.1. The minimum Gasteiger partial charge on any atom is -0.480 e. The molecule has 122 valence electrons. The Hall–Kier alpha value is -1.96. The van der Waals surface area contributed by atoms with Crippen molar-refractivity contribution >= 4 is 27.6 Å². The molecular formula is C15H13ClFNO4S. The van der Waals surface area contributed by atoms with Gasteiger partial charge in [-0.1, -0.05) is 41.9 Å². The number of halogens is 2. The van der Waals surface area contributed by atoms with Crippen molar-refractivity contribution < 1.29 is 22.7 Å². The molecule has 0 spiro atoms. The highest BCUT2D eigenvalue weighted by Crippen LogP contribution is 2.19. The average molecular weight is 358 g/mol. The van der Waals surface area contributed by atoms with Gasteiger partial charge in [0.25, 0.3) is 0 Å². The Morgan fingerprint density at radius 2 is 1.87 bits per heavy atom. The van der Waals surface area contributed by atoms with Crippen LogP contribution in [0, 0.1) is 5.82 Å². The molecule has 0 radical (unpaired) electrons. The number of hydrogen-bond acceptors (Lipinski definition) is 3. The van der Waals surface area contributed by atoms with Crippen LogP contribution in [0.25, 0.3) is 0 Å². The minimum atomic E-state index is -4.15. The van der Waals surface area contributed by atoms with Crippen molar-refractivity contribution in [2.45, 2.75) is 17.4 Å². The fourth-order valence-electron chi connectivity index (χ4n) is 1.93. The van der Waals surface area contributed by atoms with Gasteiger partial charge in [0.1, 0.15) is 11.9 Å². The number of hydrogen-bond donors (Lipinski definition) is 2. The minimum absolute atomic E-state index is 0.0235. The lowest BCUT2D eigenvalue weighted by Gasteiger charge is -2.15. The highest BCUT2D eigenvalue weighted by Gasteiger charge is 2.26. The zero-order valence-corrected chi connectivity index (χ0v) is 13.3. The molecule has 0 saturated carbocycles. The molecule has 2 aromatic carbocycles. The highest BCUT2D eigenvalue weighted by molar-refractivity contribution is 7.89. The smallest absolute Gasteiger partial charge is 0.322 e. The Kier molecular flexibility index (Phi) is 5.35. The van der Waals surface area contributed by atoms with Gasteiger partial charge in [0.05, 0.1) is 9.92 Å². The first kappa shape index (κ1) is 17.4. The largest absolute Gasteiger partial charge is 0.480 e. The highest BCUT2D eigenvalue weighted by atomic mass is 35.5. The molecule has 0 saturated heterocycles. The van der Waals surface area contributed by atoms with Crippen LogP contribution in [0.2, 0.25) is 5.02 Å². The SMILES string of the molecule is O=C(O)[C@H](Cc1ccccc1)NS(=O)(=O)c1ccc(F)c(Cl)c1. The van der Waals surface area contributed by atoms with Crippen molar-refractivity contribution in [3.8, 4) is 0 Å². The van der Waals surface area contributed by atoms with Crippen LogP contribution in [0.5, 0.6) is 0 Å². The van der Waals surface area contributed by atoms with Gasteiger partial charge in [-0.2, -0.15) is 4.72 Å². The number of carboxylic acid groups (broad SMARTS) is 1. The Balaban J connectivity index is 2.24. The molecule has 0 aliphatic heterocycles. The number of sulfonamides is 1. The summed E-state index contributed by atoms with van der Waals surface area (Å²) in [6.45, 7) is 0. The maximum atomic E-state index is 13.1. The number of carbonyl (C=O) groups is 1. The summed E-state index contributed by atoms with van der Waals surface area (Å²) >= 11 is 5.57. The second kappa shape index (κ2) is 7.08. The molecule has 0 fully saturated rings. The predicted molar refractivity (Wildman–Crippen MR) is 83.3 cm³/mol. The molecule has 2 N–H and O–H groups in total. The van der Waals surface area contributed by atoms with Crippen LogP contribution in [0.4, 0.5) is 4.39 Å². The van der Waals surface area contributed by atoms with Crippen LogP contribution in [-0.2, 0) is 21.2 Å². The molecule has 0 aromatic heterocycles. The van der Waals surface area contributed by atoms with Gasteiger partial charge in [-0.05, 0) is 30.2 Å². The zero-order chi connectivity index (χ0) is 17.0. The fraction of sp³-hybridized carbons (Fsp3) is 0.133. The first-order valence-electron chi connectivity index (χ1n) is 6.54. The number of aliphatic carboxylic acids is 1.